The van der Waals surface area contributed by atoms with Gasteiger partial charge in [-0.3, -0.25) is 0 Å². The van der Waals surface area contributed by atoms with Gasteiger partial charge in [-0.25, -0.2) is 4.98 Å². The first kappa shape index (κ1) is 30.1. The number of nitrogens with one attached hydrogen (secondary N) is 1. The Hall–Kier alpha value is -7.21. The molecule has 0 fully saturated rings. The van der Waals surface area contributed by atoms with Crippen molar-refractivity contribution < 1.29 is 4.98 Å². The summed E-state index contributed by atoms with van der Waals surface area (Å²) in [4.78, 5) is 13.3. The monoisotopic (exact) mass is 638 g/mol. The van der Waals surface area contributed by atoms with Gasteiger partial charge in [0.05, 0.1) is 40.0 Å². The fraction of sp³-hybridized carbons (Fsp3) is 0. The predicted molar refractivity (Wildman–Crippen MR) is 198 cm³/mol. The molecule has 232 valence electrons. The Labute approximate surface area is 290 Å². The number of rotatable bonds is 6. The SMILES string of the molecule is N#Cc1cccc(-c2cc(C#N)cc(-c3ccc4ccccc4c3-c3ccc(-c4nc(-c5ccccc5)nc(-c5ccccc5)[nH+]4)cc3)c2)c1. The first-order valence-corrected chi connectivity index (χ1v) is 16.3. The van der Waals surface area contributed by atoms with Gasteiger partial charge in [-0.2, -0.15) is 10.5 Å². The molecule has 0 spiro atoms. The quantitative estimate of drug-likeness (QED) is 0.181. The Morgan fingerprint density at radius 2 is 1.00 bits per heavy atom. The summed E-state index contributed by atoms with van der Waals surface area (Å²) in [6, 6.07) is 59.1. The maximum absolute atomic E-state index is 10.0. The highest BCUT2D eigenvalue weighted by atomic mass is 15.0. The standard InChI is InChI=1S/C45H27N5/c46-28-30-10-9-16-37(24-30)38-25-31(29-47)26-39(27-38)41-23-22-32-11-7-8-17-40(32)42(41)33-18-20-36(21-19-33)45-49-43(34-12-3-1-4-13-34)48-44(50-45)35-14-5-2-6-15-35/h1-27H/p+1. The number of benzene rings is 7. The number of nitrogens with zero attached hydrogens (tertiary/aromatic N) is 4. The Kier molecular flexibility index (Phi) is 7.91. The molecule has 8 aromatic rings. The molecule has 0 amide bonds. The fourth-order valence-electron chi connectivity index (χ4n) is 6.39. The molecule has 7 aromatic carbocycles. The summed E-state index contributed by atoms with van der Waals surface area (Å²) in [6.45, 7) is 0. The van der Waals surface area contributed by atoms with Crippen LogP contribution in [0, 0.1) is 22.7 Å². The first-order valence-electron chi connectivity index (χ1n) is 16.3. The van der Waals surface area contributed by atoms with Crippen molar-refractivity contribution in [1.29, 1.82) is 10.5 Å². The van der Waals surface area contributed by atoms with Crippen LogP contribution in [0.5, 0.6) is 0 Å². The molecule has 1 N–H and O–H groups in total. The van der Waals surface area contributed by atoms with E-state index in [-0.39, 0.29) is 0 Å². The van der Waals surface area contributed by atoms with Gasteiger partial charge in [-0.15, -0.1) is 0 Å². The van der Waals surface area contributed by atoms with Gasteiger partial charge in [0.1, 0.15) is 0 Å². The fourth-order valence-corrected chi connectivity index (χ4v) is 6.39. The molecule has 50 heavy (non-hydrogen) atoms. The maximum Gasteiger partial charge on any atom is 0.308 e. The molecule has 0 radical (unpaired) electrons. The van der Waals surface area contributed by atoms with Gasteiger partial charge in [0.2, 0.25) is 0 Å². The van der Waals surface area contributed by atoms with Crippen LogP contribution in [-0.2, 0) is 0 Å². The molecular formula is C45H28N5+. The van der Waals surface area contributed by atoms with Gasteiger partial charge in [-0.05, 0) is 111 Å². The largest absolute Gasteiger partial charge is 0.308 e. The molecule has 1 heterocycles. The van der Waals surface area contributed by atoms with E-state index in [0.29, 0.717) is 22.8 Å². The second-order valence-corrected chi connectivity index (χ2v) is 12.0. The Balaban J connectivity index is 1.27. The maximum atomic E-state index is 10.0. The van der Waals surface area contributed by atoms with Gasteiger partial charge < -0.3 is 0 Å². The molecule has 0 saturated carbocycles. The zero-order valence-electron chi connectivity index (χ0n) is 26.9. The predicted octanol–water partition coefficient (Wildman–Crippen LogP) is 10.2. The van der Waals surface area contributed by atoms with Crippen LogP contribution >= 0.6 is 0 Å². The molecule has 5 nitrogen and oxygen atoms in total. The second kappa shape index (κ2) is 13.1. The minimum absolute atomic E-state index is 0.553. The zero-order chi connectivity index (χ0) is 33.9. The smallest absolute Gasteiger partial charge is 0.240 e. The van der Waals surface area contributed by atoms with Crippen LogP contribution in [0.3, 0.4) is 0 Å². The molecule has 0 atom stereocenters. The van der Waals surface area contributed by atoms with Crippen LogP contribution in [0.25, 0.3) is 78.3 Å². The summed E-state index contributed by atoms with van der Waals surface area (Å²) in [5, 5.41) is 21.8. The van der Waals surface area contributed by atoms with Crippen molar-refractivity contribution in [1.82, 2.24) is 9.97 Å². The van der Waals surface area contributed by atoms with Gasteiger partial charge in [0.25, 0.3) is 11.6 Å². The molecule has 0 aliphatic rings. The lowest BCUT2D eigenvalue weighted by Gasteiger charge is -2.16. The van der Waals surface area contributed by atoms with E-state index in [1.165, 1.54) is 0 Å². The number of hydrogen-bond acceptors (Lipinski definition) is 4. The summed E-state index contributed by atoms with van der Waals surface area (Å²) < 4.78 is 0. The van der Waals surface area contributed by atoms with E-state index in [0.717, 1.165) is 66.7 Å². The van der Waals surface area contributed by atoms with E-state index in [2.05, 4.69) is 77.8 Å². The number of nitriles is 2. The second-order valence-electron chi connectivity index (χ2n) is 12.0. The topological polar surface area (TPSA) is 87.5 Å². The lowest BCUT2D eigenvalue weighted by molar-refractivity contribution is -0.359. The number of aromatic nitrogens is 3. The number of fused-ring (bicyclic) bond motifs is 1. The minimum atomic E-state index is 0.553. The van der Waals surface area contributed by atoms with E-state index < -0.39 is 0 Å². The molecule has 5 heteroatoms. The third kappa shape index (κ3) is 5.88. The van der Waals surface area contributed by atoms with Crippen LogP contribution in [0.4, 0.5) is 0 Å². The highest BCUT2D eigenvalue weighted by Gasteiger charge is 2.20. The molecule has 0 aliphatic carbocycles. The average Bonchev–Trinajstić information content (AvgIpc) is 3.20. The number of aromatic amines is 1. The third-order valence-electron chi connectivity index (χ3n) is 8.83. The number of hydrogen-bond donors (Lipinski definition) is 0. The summed E-state index contributed by atoms with van der Waals surface area (Å²) in [6.07, 6.45) is 0. The van der Waals surface area contributed by atoms with Gasteiger partial charge >= 0.3 is 5.82 Å². The zero-order valence-corrected chi connectivity index (χ0v) is 26.9. The molecular weight excluding hydrogens is 611 g/mol. The van der Waals surface area contributed by atoms with E-state index in [9.17, 15) is 10.5 Å². The van der Waals surface area contributed by atoms with Crippen molar-refractivity contribution in [3.8, 4) is 79.7 Å². The Morgan fingerprint density at radius 3 is 1.72 bits per heavy atom. The third-order valence-corrected chi connectivity index (χ3v) is 8.83. The van der Waals surface area contributed by atoms with Crippen LogP contribution in [0.2, 0.25) is 0 Å². The number of H-pyrrole nitrogens is 1. The highest BCUT2D eigenvalue weighted by molar-refractivity contribution is 6.04. The van der Waals surface area contributed by atoms with Crippen LogP contribution in [0.1, 0.15) is 11.1 Å². The van der Waals surface area contributed by atoms with Crippen molar-refractivity contribution in [2.24, 2.45) is 0 Å². The molecule has 0 bridgehead atoms. The van der Waals surface area contributed by atoms with Gasteiger partial charge in [0.15, 0.2) is 0 Å². The lowest BCUT2D eigenvalue weighted by Crippen LogP contribution is -2.16. The summed E-state index contributed by atoms with van der Waals surface area (Å²) >= 11 is 0. The van der Waals surface area contributed by atoms with Crippen LogP contribution in [-0.4, -0.2) is 9.97 Å². The normalized spacial score (nSPS) is 10.8. The molecule has 1 aromatic heterocycles. The average molecular weight is 639 g/mol. The molecule has 0 saturated heterocycles. The summed E-state index contributed by atoms with van der Waals surface area (Å²) in [7, 11) is 0. The minimum Gasteiger partial charge on any atom is -0.240 e. The summed E-state index contributed by atoms with van der Waals surface area (Å²) in [5.41, 5.74) is 9.79. The molecule has 0 aliphatic heterocycles. The molecule has 8 rings (SSSR count). The van der Waals surface area contributed by atoms with Gasteiger partial charge in [-0.1, -0.05) is 107 Å². The van der Waals surface area contributed by atoms with Crippen LogP contribution < -0.4 is 4.98 Å². The van der Waals surface area contributed by atoms with Crippen molar-refractivity contribution in [2.45, 2.75) is 0 Å². The molecule has 0 unspecified atom stereocenters. The highest BCUT2D eigenvalue weighted by Crippen LogP contribution is 2.40. The van der Waals surface area contributed by atoms with E-state index in [1.54, 1.807) is 6.07 Å². The Morgan fingerprint density at radius 1 is 0.420 bits per heavy atom. The first-order chi connectivity index (χ1) is 24.7. The van der Waals surface area contributed by atoms with Crippen LogP contribution in [0.15, 0.2) is 164 Å². The van der Waals surface area contributed by atoms with E-state index >= 15 is 0 Å². The summed E-state index contributed by atoms with van der Waals surface area (Å²) in [5.74, 6) is 2.10. The van der Waals surface area contributed by atoms with Crippen molar-refractivity contribution >= 4 is 10.8 Å². The van der Waals surface area contributed by atoms with Crippen molar-refractivity contribution in [2.75, 3.05) is 0 Å². The lowest BCUT2D eigenvalue weighted by atomic mass is 9.87. The Bertz CT molecular complexity index is 2540. The van der Waals surface area contributed by atoms with Gasteiger partial charge in [0, 0.05) is 0 Å². The van der Waals surface area contributed by atoms with Crippen molar-refractivity contribution in [3.05, 3.63) is 175 Å². The van der Waals surface area contributed by atoms with E-state index in [4.69, 9.17) is 9.97 Å². The van der Waals surface area contributed by atoms with Crippen molar-refractivity contribution in [3.63, 3.8) is 0 Å². The van der Waals surface area contributed by atoms with E-state index in [1.807, 2.05) is 97.1 Å².